The normalized spacial score (nSPS) is 13.4. The van der Waals surface area contributed by atoms with Gasteiger partial charge in [-0.3, -0.25) is 9.00 Å². The summed E-state index contributed by atoms with van der Waals surface area (Å²) in [6.45, 7) is 5.81. The van der Waals surface area contributed by atoms with E-state index in [1.807, 2.05) is 0 Å². The number of hydrogen-bond donors (Lipinski definition) is 1. The molecule has 0 aliphatic carbocycles. The summed E-state index contributed by atoms with van der Waals surface area (Å²) in [5, 5.41) is 2.56. The highest BCUT2D eigenvalue weighted by Crippen LogP contribution is 2.03. The van der Waals surface area contributed by atoms with Gasteiger partial charge in [0.2, 0.25) is 5.91 Å². The lowest BCUT2D eigenvalue weighted by molar-refractivity contribution is -0.116. The molecule has 0 aromatic heterocycles. The topological polar surface area (TPSA) is 69.2 Å². The minimum atomic E-state index is -2.16. The van der Waals surface area contributed by atoms with Gasteiger partial charge in [0.05, 0.1) is 0 Å². The first-order valence-corrected chi connectivity index (χ1v) is 5.48. The van der Waals surface area contributed by atoms with Crippen LogP contribution in [0.5, 0.6) is 0 Å². The molecule has 5 heteroatoms. The zero-order valence-corrected chi connectivity index (χ0v) is 8.93. The van der Waals surface area contributed by atoms with E-state index in [0.717, 1.165) is 0 Å². The first kappa shape index (κ1) is 13.1. The van der Waals surface area contributed by atoms with Crippen molar-refractivity contribution in [3.63, 3.8) is 0 Å². The minimum absolute atomic E-state index is 0.122. The Morgan fingerprint density at radius 3 is 2.71 bits per heavy atom. The summed E-state index contributed by atoms with van der Waals surface area (Å²) in [5.74, 6) is -0.391. The van der Waals surface area contributed by atoms with Gasteiger partial charge in [-0.1, -0.05) is 17.2 Å². The molecular weight excluding hydrogens is 202 g/mol. The Morgan fingerprint density at radius 1 is 1.64 bits per heavy atom. The summed E-state index contributed by atoms with van der Waals surface area (Å²) in [7, 11) is 0. The van der Waals surface area contributed by atoms with E-state index in [2.05, 4.69) is 11.9 Å². The first-order valence-electron chi connectivity index (χ1n) is 4.24. The quantitative estimate of drug-likeness (QED) is 0.399. The first-order chi connectivity index (χ1) is 6.60. The van der Waals surface area contributed by atoms with E-state index in [1.165, 1.54) is 6.08 Å². The van der Waals surface area contributed by atoms with Crippen LogP contribution in [0, 0.1) is 0 Å². The van der Waals surface area contributed by atoms with Crippen LogP contribution < -0.4 is 5.32 Å². The maximum atomic E-state index is 11.1. The van der Waals surface area contributed by atoms with Gasteiger partial charge in [-0.2, -0.15) is 0 Å². The van der Waals surface area contributed by atoms with Gasteiger partial charge < -0.3 is 9.87 Å². The van der Waals surface area contributed by atoms with Crippen LogP contribution in [0.3, 0.4) is 0 Å². The third-order valence-electron chi connectivity index (χ3n) is 1.40. The number of rotatable bonds is 6. The predicted molar refractivity (Wildman–Crippen MR) is 55.4 cm³/mol. The van der Waals surface area contributed by atoms with Gasteiger partial charge in [-0.05, 0) is 18.9 Å². The summed E-state index contributed by atoms with van der Waals surface area (Å²) in [6, 6.07) is 0. The Balaban J connectivity index is 4.37. The number of hydrogen-bond acceptors (Lipinski definition) is 3. The number of likely N-dealkylation sites (N-methyl/N-ethyl adjacent to an activating group) is 1. The highest BCUT2D eigenvalue weighted by atomic mass is 32.2. The molecule has 1 amide bonds. The van der Waals surface area contributed by atoms with Crippen LogP contribution >= 0.6 is 0 Å². The molecule has 0 spiro atoms. The minimum Gasteiger partial charge on any atom is -0.772 e. The maximum absolute atomic E-state index is 11.1. The second-order valence-electron chi connectivity index (χ2n) is 2.64. The smallest absolute Gasteiger partial charge is 0.243 e. The lowest BCUT2D eigenvalue weighted by atomic mass is 10.2. The monoisotopic (exact) mass is 216 g/mol. The van der Waals surface area contributed by atoms with E-state index in [-0.39, 0.29) is 11.7 Å². The van der Waals surface area contributed by atoms with Crippen LogP contribution in [0.25, 0.3) is 0 Å². The molecule has 0 saturated carbocycles. The molecule has 1 N–H and O–H groups in total. The van der Waals surface area contributed by atoms with Crippen molar-refractivity contribution in [2.45, 2.75) is 13.3 Å². The number of carbonyl (C=O) groups excluding carboxylic acids is 1. The molecule has 0 aromatic carbocycles. The second-order valence-corrected chi connectivity index (χ2v) is 3.53. The SMILES string of the molecule is C=CC/C(=C\C(=O)NCC)CS(=O)[O-]. The summed E-state index contributed by atoms with van der Waals surface area (Å²) in [6.07, 6.45) is 3.28. The molecular formula is C9H14NO3S-. The van der Waals surface area contributed by atoms with E-state index in [9.17, 15) is 13.6 Å². The van der Waals surface area contributed by atoms with Crippen molar-refractivity contribution in [2.75, 3.05) is 12.3 Å². The van der Waals surface area contributed by atoms with Crippen molar-refractivity contribution in [3.05, 3.63) is 24.3 Å². The van der Waals surface area contributed by atoms with Gasteiger partial charge in [-0.25, -0.2) is 0 Å². The van der Waals surface area contributed by atoms with Gasteiger partial charge in [-0.15, -0.1) is 6.58 Å². The number of amides is 1. The molecule has 0 radical (unpaired) electrons. The largest absolute Gasteiger partial charge is 0.772 e. The molecule has 0 saturated heterocycles. The van der Waals surface area contributed by atoms with Crippen LogP contribution in [0.15, 0.2) is 24.3 Å². The fraction of sp³-hybridized carbons (Fsp3) is 0.444. The lowest BCUT2D eigenvalue weighted by Crippen LogP contribution is -2.21. The average molecular weight is 216 g/mol. The summed E-state index contributed by atoms with van der Waals surface area (Å²) in [4.78, 5) is 11.1. The van der Waals surface area contributed by atoms with Crippen LogP contribution in [0.4, 0.5) is 0 Å². The van der Waals surface area contributed by atoms with E-state index in [0.29, 0.717) is 18.5 Å². The van der Waals surface area contributed by atoms with E-state index in [4.69, 9.17) is 0 Å². The van der Waals surface area contributed by atoms with Crippen molar-refractivity contribution in [1.29, 1.82) is 0 Å². The van der Waals surface area contributed by atoms with Gasteiger partial charge in [0.25, 0.3) is 0 Å². The summed E-state index contributed by atoms with van der Waals surface area (Å²) < 4.78 is 20.8. The van der Waals surface area contributed by atoms with Crippen molar-refractivity contribution in [3.8, 4) is 0 Å². The lowest BCUT2D eigenvalue weighted by Gasteiger charge is -2.07. The zero-order chi connectivity index (χ0) is 11.0. The van der Waals surface area contributed by atoms with Crippen LogP contribution in [-0.4, -0.2) is 27.0 Å². The van der Waals surface area contributed by atoms with Crippen molar-refractivity contribution >= 4 is 17.0 Å². The fourth-order valence-corrected chi connectivity index (χ4v) is 1.41. The van der Waals surface area contributed by atoms with Crippen LogP contribution in [-0.2, 0) is 15.9 Å². The van der Waals surface area contributed by atoms with Crippen LogP contribution in [0.1, 0.15) is 13.3 Å². The van der Waals surface area contributed by atoms with E-state index < -0.39 is 11.1 Å². The Kier molecular flexibility index (Phi) is 6.96. The molecule has 80 valence electrons. The number of carbonyl (C=O) groups is 1. The third kappa shape index (κ3) is 6.56. The van der Waals surface area contributed by atoms with Crippen molar-refractivity contribution in [2.24, 2.45) is 0 Å². The molecule has 0 heterocycles. The highest BCUT2D eigenvalue weighted by molar-refractivity contribution is 7.79. The van der Waals surface area contributed by atoms with Gasteiger partial charge in [0.1, 0.15) is 0 Å². The molecule has 0 aliphatic rings. The Hall–Kier alpha value is -0.940. The zero-order valence-electron chi connectivity index (χ0n) is 8.12. The molecule has 1 atom stereocenters. The summed E-state index contributed by atoms with van der Waals surface area (Å²) >= 11 is -2.16. The molecule has 1 unspecified atom stereocenters. The van der Waals surface area contributed by atoms with Gasteiger partial charge >= 0.3 is 0 Å². The Morgan fingerprint density at radius 2 is 2.29 bits per heavy atom. The number of nitrogens with one attached hydrogen (secondary N) is 1. The number of allylic oxidation sites excluding steroid dienone is 1. The molecule has 0 aromatic rings. The molecule has 0 bridgehead atoms. The van der Waals surface area contributed by atoms with Gasteiger partial charge in [0.15, 0.2) is 0 Å². The highest BCUT2D eigenvalue weighted by Gasteiger charge is 1.99. The second kappa shape index (κ2) is 7.46. The van der Waals surface area contributed by atoms with Crippen molar-refractivity contribution in [1.82, 2.24) is 5.32 Å². The molecule has 14 heavy (non-hydrogen) atoms. The molecule has 0 rings (SSSR count). The standard InChI is InChI=1S/C9H15NO3S/c1-3-5-8(7-14(12)13)6-9(11)10-4-2/h3,6H,1,4-5,7H2,2H3,(H,10,11)(H,12,13)/p-1/b8-6+. The third-order valence-corrected chi connectivity index (χ3v) is 2.00. The molecule has 4 nitrogen and oxygen atoms in total. The van der Waals surface area contributed by atoms with Crippen LogP contribution in [0.2, 0.25) is 0 Å². The van der Waals surface area contributed by atoms with Gasteiger partial charge in [0, 0.05) is 18.4 Å². The Bertz CT molecular complexity index is 261. The molecule has 0 fully saturated rings. The van der Waals surface area contributed by atoms with E-state index >= 15 is 0 Å². The van der Waals surface area contributed by atoms with E-state index in [1.54, 1.807) is 13.0 Å². The molecule has 0 aliphatic heterocycles. The fourth-order valence-electron chi connectivity index (χ4n) is 0.907. The Labute approximate surface area is 86.4 Å². The average Bonchev–Trinajstić information content (AvgIpc) is 2.03. The summed E-state index contributed by atoms with van der Waals surface area (Å²) in [5.41, 5.74) is 0.541. The predicted octanol–water partition coefficient (Wildman–Crippen LogP) is 0.504. The maximum Gasteiger partial charge on any atom is 0.243 e. The van der Waals surface area contributed by atoms with Crippen molar-refractivity contribution < 1.29 is 13.6 Å².